The molecule has 30 heavy (non-hydrogen) atoms. The summed E-state index contributed by atoms with van der Waals surface area (Å²) < 4.78 is 8.09. The lowest BCUT2D eigenvalue weighted by Crippen LogP contribution is -2.38. The number of nitrogens with zero attached hydrogens (tertiary/aromatic N) is 3. The van der Waals surface area contributed by atoms with Gasteiger partial charge in [-0.25, -0.2) is 4.98 Å². The van der Waals surface area contributed by atoms with Crippen LogP contribution in [0.15, 0.2) is 82.5 Å². The van der Waals surface area contributed by atoms with Crippen LogP contribution in [0, 0.1) is 0 Å². The number of guanidine groups is 1. The molecule has 0 amide bonds. The van der Waals surface area contributed by atoms with Crippen molar-refractivity contribution in [3.05, 3.63) is 90.2 Å². The van der Waals surface area contributed by atoms with Gasteiger partial charge in [0.05, 0.1) is 12.6 Å². The predicted molar refractivity (Wildman–Crippen MR) is 131 cm³/mol. The van der Waals surface area contributed by atoms with Gasteiger partial charge < -0.3 is 19.6 Å². The Morgan fingerprint density at radius 3 is 2.67 bits per heavy atom. The molecule has 4 aromatic rings. The van der Waals surface area contributed by atoms with E-state index in [1.807, 2.05) is 36.7 Å². The number of furan rings is 1. The molecule has 0 spiro atoms. The Morgan fingerprint density at radius 2 is 1.90 bits per heavy atom. The first-order valence-corrected chi connectivity index (χ1v) is 9.72. The van der Waals surface area contributed by atoms with Crippen molar-refractivity contribution in [3.63, 3.8) is 0 Å². The molecule has 1 unspecified atom stereocenters. The zero-order chi connectivity index (χ0) is 20.1. The van der Waals surface area contributed by atoms with E-state index in [4.69, 9.17) is 4.42 Å². The number of imidazole rings is 1. The summed E-state index contributed by atoms with van der Waals surface area (Å²) in [5, 5.41) is 7.83. The van der Waals surface area contributed by atoms with Gasteiger partial charge in [-0.15, -0.1) is 24.0 Å². The van der Waals surface area contributed by atoms with Gasteiger partial charge in [-0.05, 0) is 24.6 Å². The summed E-state index contributed by atoms with van der Waals surface area (Å²) in [7, 11) is 1.76. The lowest BCUT2D eigenvalue weighted by Gasteiger charge is -2.16. The van der Waals surface area contributed by atoms with Crippen molar-refractivity contribution in [1.82, 2.24) is 20.2 Å². The summed E-state index contributed by atoms with van der Waals surface area (Å²) in [5.74, 6) is 2.53. The highest BCUT2D eigenvalue weighted by Gasteiger charge is 2.13. The second kappa shape index (κ2) is 10.3. The zero-order valence-electron chi connectivity index (χ0n) is 17.1. The van der Waals surface area contributed by atoms with Crippen LogP contribution in [0.3, 0.4) is 0 Å². The fourth-order valence-electron chi connectivity index (χ4n) is 3.28. The summed E-state index contributed by atoms with van der Waals surface area (Å²) in [6.45, 7) is 3.42. The Morgan fingerprint density at radius 1 is 1.13 bits per heavy atom. The number of fused-ring (bicyclic) bond motifs is 1. The van der Waals surface area contributed by atoms with E-state index in [1.54, 1.807) is 7.05 Å². The molecule has 0 saturated carbocycles. The van der Waals surface area contributed by atoms with Crippen molar-refractivity contribution < 1.29 is 4.42 Å². The Kier molecular flexibility index (Phi) is 7.51. The van der Waals surface area contributed by atoms with Crippen LogP contribution in [0.2, 0.25) is 0 Å². The number of para-hydroxylation sites is 1. The normalized spacial score (nSPS) is 12.4. The Bertz CT molecular complexity index is 1070. The van der Waals surface area contributed by atoms with Crippen LogP contribution in [0.1, 0.15) is 30.1 Å². The van der Waals surface area contributed by atoms with E-state index in [0.29, 0.717) is 12.5 Å². The second-order valence-electron chi connectivity index (χ2n) is 6.94. The van der Waals surface area contributed by atoms with Gasteiger partial charge in [0.15, 0.2) is 5.96 Å². The number of hydrogen-bond acceptors (Lipinski definition) is 3. The number of hydrogen-bond donors (Lipinski definition) is 2. The fraction of sp³-hybridized carbons (Fsp3) is 0.217. The van der Waals surface area contributed by atoms with Crippen LogP contribution in [0.5, 0.6) is 0 Å². The van der Waals surface area contributed by atoms with Crippen molar-refractivity contribution in [2.24, 2.45) is 4.99 Å². The predicted octanol–water partition coefficient (Wildman–Crippen LogP) is 4.72. The van der Waals surface area contributed by atoms with E-state index >= 15 is 0 Å². The first kappa shape index (κ1) is 21.9. The molecule has 0 radical (unpaired) electrons. The molecule has 156 valence electrons. The fourth-order valence-corrected chi connectivity index (χ4v) is 3.28. The molecule has 1 atom stereocenters. The quantitative estimate of drug-likeness (QED) is 0.222. The van der Waals surface area contributed by atoms with Gasteiger partial charge in [0, 0.05) is 31.4 Å². The van der Waals surface area contributed by atoms with Crippen molar-refractivity contribution >= 4 is 40.9 Å². The molecule has 0 aliphatic heterocycles. The molecule has 4 rings (SSSR count). The van der Waals surface area contributed by atoms with E-state index in [2.05, 4.69) is 68.5 Å². The van der Waals surface area contributed by atoms with Crippen LogP contribution < -0.4 is 10.6 Å². The van der Waals surface area contributed by atoms with Crippen LogP contribution in [-0.2, 0) is 13.1 Å². The highest BCUT2D eigenvalue weighted by Crippen LogP contribution is 2.23. The van der Waals surface area contributed by atoms with Gasteiger partial charge in [-0.1, -0.05) is 48.5 Å². The van der Waals surface area contributed by atoms with E-state index in [0.717, 1.165) is 29.1 Å². The van der Waals surface area contributed by atoms with E-state index in [1.165, 1.54) is 5.56 Å². The van der Waals surface area contributed by atoms with Crippen LogP contribution in [-0.4, -0.2) is 22.6 Å². The van der Waals surface area contributed by atoms with Gasteiger partial charge in [-0.3, -0.25) is 4.99 Å². The molecule has 6 nitrogen and oxygen atoms in total. The highest BCUT2D eigenvalue weighted by molar-refractivity contribution is 14.0. The van der Waals surface area contributed by atoms with Gasteiger partial charge in [0.25, 0.3) is 0 Å². The molecule has 0 bridgehead atoms. The van der Waals surface area contributed by atoms with Gasteiger partial charge in [-0.2, -0.15) is 0 Å². The van der Waals surface area contributed by atoms with Crippen molar-refractivity contribution in [2.45, 2.75) is 26.1 Å². The van der Waals surface area contributed by atoms with Gasteiger partial charge in [0.2, 0.25) is 0 Å². The lowest BCUT2D eigenvalue weighted by molar-refractivity contribution is 0.488. The topological polar surface area (TPSA) is 67.4 Å². The van der Waals surface area contributed by atoms with Crippen molar-refractivity contribution in [2.75, 3.05) is 7.05 Å². The molecule has 2 aromatic heterocycles. The SMILES string of the molecule is CN=C(NCc1nccn1Cc1ccccc1)NC(C)c1cc2ccccc2o1.I. The molecular formula is C23H26IN5O. The molecule has 0 fully saturated rings. The number of aromatic nitrogens is 2. The van der Waals surface area contributed by atoms with Crippen LogP contribution in [0.25, 0.3) is 11.0 Å². The van der Waals surface area contributed by atoms with Gasteiger partial charge >= 0.3 is 0 Å². The number of nitrogens with one attached hydrogen (secondary N) is 2. The number of benzene rings is 2. The minimum atomic E-state index is -0.0161. The molecule has 7 heteroatoms. The summed E-state index contributed by atoms with van der Waals surface area (Å²) in [5.41, 5.74) is 2.13. The minimum Gasteiger partial charge on any atom is -0.459 e. The minimum absolute atomic E-state index is 0. The molecule has 0 aliphatic rings. The lowest BCUT2D eigenvalue weighted by atomic mass is 10.2. The molecule has 2 N–H and O–H groups in total. The third kappa shape index (κ3) is 5.21. The number of aliphatic imine (C=N–C) groups is 1. The van der Waals surface area contributed by atoms with E-state index in [9.17, 15) is 0 Å². The van der Waals surface area contributed by atoms with Gasteiger partial charge in [0.1, 0.15) is 17.2 Å². The van der Waals surface area contributed by atoms with E-state index in [-0.39, 0.29) is 30.0 Å². The first-order valence-electron chi connectivity index (χ1n) is 9.72. The molecule has 2 heterocycles. The molecule has 0 saturated heterocycles. The average Bonchev–Trinajstić information content (AvgIpc) is 3.38. The molecular weight excluding hydrogens is 489 g/mol. The third-order valence-electron chi connectivity index (χ3n) is 4.86. The first-order chi connectivity index (χ1) is 14.2. The number of halogens is 1. The highest BCUT2D eigenvalue weighted by atomic mass is 127. The summed E-state index contributed by atoms with van der Waals surface area (Å²) in [6.07, 6.45) is 3.82. The monoisotopic (exact) mass is 515 g/mol. The maximum Gasteiger partial charge on any atom is 0.191 e. The van der Waals surface area contributed by atoms with E-state index < -0.39 is 0 Å². The van der Waals surface area contributed by atoms with Crippen molar-refractivity contribution in [1.29, 1.82) is 0 Å². The Labute approximate surface area is 193 Å². The zero-order valence-corrected chi connectivity index (χ0v) is 19.4. The summed E-state index contributed by atoms with van der Waals surface area (Å²) >= 11 is 0. The average molecular weight is 515 g/mol. The molecule has 0 aliphatic carbocycles. The third-order valence-corrected chi connectivity index (χ3v) is 4.86. The number of rotatable bonds is 6. The standard InChI is InChI=1S/C23H25N5O.HI/c1-17(21-14-19-10-6-7-11-20(19)29-21)27-23(24-2)26-15-22-25-12-13-28(22)16-18-8-4-3-5-9-18;/h3-14,17H,15-16H2,1-2H3,(H2,24,26,27);1H. The molecule has 2 aromatic carbocycles. The summed E-state index contributed by atoms with van der Waals surface area (Å²) in [6, 6.07) is 20.4. The Balaban J connectivity index is 0.00000256. The Hall–Kier alpha value is -2.81. The second-order valence-corrected chi connectivity index (χ2v) is 6.94. The van der Waals surface area contributed by atoms with Crippen LogP contribution >= 0.6 is 24.0 Å². The van der Waals surface area contributed by atoms with Crippen LogP contribution in [0.4, 0.5) is 0 Å². The summed E-state index contributed by atoms with van der Waals surface area (Å²) in [4.78, 5) is 8.82. The largest absolute Gasteiger partial charge is 0.459 e. The smallest absolute Gasteiger partial charge is 0.191 e. The van der Waals surface area contributed by atoms with Crippen molar-refractivity contribution in [3.8, 4) is 0 Å². The maximum absolute atomic E-state index is 5.95. The maximum atomic E-state index is 5.95.